The van der Waals surface area contributed by atoms with Crippen LogP contribution in [-0.4, -0.2) is 20.4 Å². The summed E-state index contributed by atoms with van der Waals surface area (Å²) in [7, 11) is -3.75. The molecule has 0 aliphatic carbocycles. The number of aryl methyl sites for hydroxylation is 4. The molecule has 1 amide bonds. The minimum Gasteiger partial charge on any atom is -0.480 e. The Bertz CT molecular complexity index is 1270. The molecule has 0 aliphatic rings. The van der Waals surface area contributed by atoms with Gasteiger partial charge in [0.15, 0.2) is 6.10 Å². The van der Waals surface area contributed by atoms with Crippen LogP contribution >= 0.6 is 15.9 Å². The van der Waals surface area contributed by atoms with E-state index in [9.17, 15) is 13.2 Å². The number of nitrogens with one attached hydrogen (secondary N) is 2. The lowest BCUT2D eigenvalue weighted by molar-refractivity contribution is -0.122. The zero-order chi connectivity index (χ0) is 24.3. The Balaban J connectivity index is 1.67. The Hall–Kier alpha value is -2.84. The average Bonchev–Trinajstić information content (AvgIpc) is 2.73. The molecule has 0 saturated heterocycles. The standard InChI is InChI=1S/C25H27BrN2O4S/c1-15-6-7-22(14-16(15)2)28-33(30,31)23-10-8-21(9-11-23)27-25(29)19(5)32-24-17(3)12-20(26)13-18(24)4/h6-14,19,28H,1-5H3,(H,27,29). The normalized spacial score (nSPS) is 12.2. The van der Waals surface area contributed by atoms with Gasteiger partial charge >= 0.3 is 0 Å². The topological polar surface area (TPSA) is 84.5 Å². The molecule has 2 N–H and O–H groups in total. The predicted molar refractivity (Wildman–Crippen MR) is 136 cm³/mol. The molecule has 3 aromatic carbocycles. The van der Waals surface area contributed by atoms with Crippen LogP contribution in [0.1, 0.15) is 29.2 Å². The summed E-state index contributed by atoms with van der Waals surface area (Å²) < 4.78 is 34.8. The Labute approximate surface area is 203 Å². The largest absolute Gasteiger partial charge is 0.480 e. The summed E-state index contributed by atoms with van der Waals surface area (Å²) in [6.07, 6.45) is -0.738. The van der Waals surface area contributed by atoms with Gasteiger partial charge in [-0.3, -0.25) is 9.52 Å². The number of ether oxygens (including phenoxy) is 1. The van der Waals surface area contributed by atoms with E-state index in [1.54, 1.807) is 31.2 Å². The van der Waals surface area contributed by atoms with Gasteiger partial charge in [-0.05, 0) is 105 Å². The highest BCUT2D eigenvalue weighted by atomic mass is 79.9. The molecule has 3 rings (SSSR count). The van der Waals surface area contributed by atoms with E-state index in [-0.39, 0.29) is 10.8 Å². The fourth-order valence-corrected chi connectivity index (χ4v) is 5.03. The summed E-state index contributed by atoms with van der Waals surface area (Å²) in [6, 6.07) is 15.2. The first-order chi connectivity index (χ1) is 15.5. The quantitative estimate of drug-likeness (QED) is 0.398. The molecule has 0 aromatic heterocycles. The molecule has 33 heavy (non-hydrogen) atoms. The third-order valence-corrected chi connectivity index (χ3v) is 7.14. The van der Waals surface area contributed by atoms with Crippen molar-refractivity contribution in [1.82, 2.24) is 0 Å². The van der Waals surface area contributed by atoms with E-state index in [1.807, 2.05) is 45.9 Å². The van der Waals surface area contributed by atoms with Gasteiger partial charge in [0.2, 0.25) is 0 Å². The fraction of sp³-hybridized carbons (Fsp3) is 0.240. The van der Waals surface area contributed by atoms with E-state index in [4.69, 9.17) is 4.74 Å². The SMILES string of the molecule is Cc1ccc(NS(=O)(=O)c2ccc(NC(=O)C(C)Oc3c(C)cc(Br)cc3C)cc2)cc1C. The van der Waals surface area contributed by atoms with Crippen LogP contribution in [-0.2, 0) is 14.8 Å². The van der Waals surface area contributed by atoms with Crippen LogP contribution in [0.2, 0.25) is 0 Å². The number of carbonyl (C=O) groups excluding carboxylic acids is 1. The van der Waals surface area contributed by atoms with Gasteiger partial charge in [0.1, 0.15) is 5.75 Å². The molecule has 0 radical (unpaired) electrons. The average molecular weight is 531 g/mol. The highest BCUT2D eigenvalue weighted by molar-refractivity contribution is 9.10. The third-order valence-electron chi connectivity index (χ3n) is 5.28. The van der Waals surface area contributed by atoms with Gasteiger partial charge in [0.25, 0.3) is 15.9 Å². The molecule has 8 heteroatoms. The van der Waals surface area contributed by atoms with Crippen molar-refractivity contribution in [3.05, 3.63) is 81.3 Å². The summed E-state index contributed by atoms with van der Waals surface area (Å²) in [5.41, 5.74) is 4.91. The van der Waals surface area contributed by atoms with Crippen LogP contribution in [0, 0.1) is 27.7 Å². The van der Waals surface area contributed by atoms with Crippen molar-refractivity contribution in [1.29, 1.82) is 0 Å². The van der Waals surface area contributed by atoms with E-state index in [0.29, 0.717) is 17.1 Å². The Morgan fingerprint density at radius 1 is 0.848 bits per heavy atom. The summed E-state index contributed by atoms with van der Waals surface area (Å²) in [5, 5.41) is 2.77. The fourth-order valence-electron chi connectivity index (χ4n) is 3.29. The molecule has 0 aliphatic heterocycles. The minimum atomic E-state index is -3.75. The lowest BCUT2D eigenvalue weighted by Crippen LogP contribution is -2.30. The number of hydrogen-bond donors (Lipinski definition) is 2. The number of halogens is 1. The highest BCUT2D eigenvalue weighted by Gasteiger charge is 2.19. The van der Waals surface area contributed by atoms with E-state index in [0.717, 1.165) is 26.7 Å². The summed E-state index contributed by atoms with van der Waals surface area (Å²) >= 11 is 3.45. The van der Waals surface area contributed by atoms with Crippen molar-refractivity contribution in [3.63, 3.8) is 0 Å². The molecular weight excluding hydrogens is 504 g/mol. The molecule has 3 aromatic rings. The third kappa shape index (κ3) is 6.15. The zero-order valence-corrected chi connectivity index (χ0v) is 21.6. The molecule has 0 fully saturated rings. The Morgan fingerprint density at radius 2 is 1.42 bits per heavy atom. The van der Waals surface area contributed by atoms with Crippen molar-refractivity contribution < 1.29 is 17.9 Å². The number of rotatable bonds is 7. The van der Waals surface area contributed by atoms with Crippen LogP contribution in [0.3, 0.4) is 0 Å². The number of benzene rings is 3. The van der Waals surface area contributed by atoms with Crippen molar-refractivity contribution in [2.24, 2.45) is 0 Å². The number of carbonyl (C=O) groups is 1. The van der Waals surface area contributed by atoms with Crippen LogP contribution in [0.5, 0.6) is 5.75 Å². The van der Waals surface area contributed by atoms with Gasteiger partial charge in [-0.15, -0.1) is 0 Å². The van der Waals surface area contributed by atoms with Gasteiger partial charge in [-0.2, -0.15) is 0 Å². The molecule has 6 nitrogen and oxygen atoms in total. The lowest BCUT2D eigenvalue weighted by atomic mass is 10.1. The van der Waals surface area contributed by atoms with E-state index in [2.05, 4.69) is 26.0 Å². The smallest absolute Gasteiger partial charge is 0.265 e. The first-order valence-corrected chi connectivity index (χ1v) is 12.7. The molecule has 174 valence electrons. The summed E-state index contributed by atoms with van der Waals surface area (Å²) in [6.45, 7) is 9.40. The van der Waals surface area contributed by atoms with E-state index < -0.39 is 16.1 Å². The van der Waals surface area contributed by atoms with Crippen molar-refractivity contribution >= 4 is 43.2 Å². The second-order valence-corrected chi connectivity index (χ2v) is 10.6. The van der Waals surface area contributed by atoms with E-state index >= 15 is 0 Å². The second kappa shape index (κ2) is 9.97. The zero-order valence-electron chi connectivity index (χ0n) is 19.2. The maximum atomic E-state index is 12.7. The summed E-state index contributed by atoms with van der Waals surface area (Å²) in [5.74, 6) is 0.334. The number of sulfonamides is 1. The van der Waals surface area contributed by atoms with Crippen LogP contribution < -0.4 is 14.8 Å². The van der Waals surface area contributed by atoms with Gasteiger partial charge in [-0.1, -0.05) is 22.0 Å². The maximum absolute atomic E-state index is 12.7. The van der Waals surface area contributed by atoms with E-state index in [1.165, 1.54) is 12.1 Å². The minimum absolute atomic E-state index is 0.101. The number of amides is 1. The molecule has 0 saturated carbocycles. The molecular formula is C25H27BrN2O4S. The molecule has 0 spiro atoms. The van der Waals surface area contributed by atoms with Gasteiger partial charge in [-0.25, -0.2) is 8.42 Å². The van der Waals surface area contributed by atoms with Gasteiger partial charge in [0.05, 0.1) is 4.90 Å². The van der Waals surface area contributed by atoms with Gasteiger partial charge in [0, 0.05) is 15.8 Å². The highest BCUT2D eigenvalue weighted by Crippen LogP contribution is 2.28. The van der Waals surface area contributed by atoms with Crippen molar-refractivity contribution in [3.8, 4) is 5.75 Å². The summed E-state index contributed by atoms with van der Waals surface area (Å²) in [4.78, 5) is 12.7. The Morgan fingerprint density at radius 3 is 2.00 bits per heavy atom. The van der Waals surface area contributed by atoms with Crippen LogP contribution in [0.25, 0.3) is 0 Å². The molecule has 0 heterocycles. The van der Waals surface area contributed by atoms with Crippen LogP contribution in [0.15, 0.2) is 64.0 Å². The first-order valence-electron chi connectivity index (χ1n) is 10.4. The molecule has 0 bridgehead atoms. The second-order valence-electron chi connectivity index (χ2n) is 8.05. The number of anilines is 2. The molecule has 1 atom stereocenters. The lowest BCUT2D eigenvalue weighted by Gasteiger charge is -2.18. The number of hydrogen-bond acceptors (Lipinski definition) is 4. The predicted octanol–water partition coefficient (Wildman–Crippen LogP) is 5.89. The Kier molecular flexibility index (Phi) is 7.49. The molecule has 1 unspecified atom stereocenters. The monoisotopic (exact) mass is 530 g/mol. The first kappa shape index (κ1) is 24.8. The van der Waals surface area contributed by atoms with Crippen molar-refractivity contribution in [2.45, 2.75) is 45.6 Å². The van der Waals surface area contributed by atoms with Crippen LogP contribution in [0.4, 0.5) is 11.4 Å². The maximum Gasteiger partial charge on any atom is 0.265 e. The van der Waals surface area contributed by atoms with Gasteiger partial charge < -0.3 is 10.1 Å². The van der Waals surface area contributed by atoms with Crippen molar-refractivity contribution in [2.75, 3.05) is 10.0 Å².